The predicted octanol–water partition coefficient (Wildman–Crippen LogP) is 5.77. The molecule has 5 rings (SSSR count). The number of thioether (sulfide) groups is 1. The van der Waals surface area contributed by atoms with Crippen LogP contribution in [0.25, 0.3) is 11.3 Å². The molecule has 0 saturated heterocycles. The van der Waals surface area contributed by atoms with Crippen molar-refractivity contribution in [3.8, 4) is 11.3 Å². The lowest BCUT2D eigenvalue weighted by atomic mass is 10.0. The maximum Gasteiger partial charge on any atom is 0.282 e. The van der Waals surface area contributed by atoms with Crippen molar-refractivity contribution in [1.29, 1.82) is 0 Å². The highest BCUT2D eigenvalue weighted by molar-refractivity contribution is 8.14. The molecule has 0 radical (unpaired) electrons. The molecule has 0 bridgehead atoms. The normalized spacial score (nSPS) is 18.8. The Morgan fingerprint density at radius 1 is 1.16 bits per heavy atom. The van der Waals surface area contributed by atoms with E-state index in [-0.39, 0.29) is 35.3 Å². The molecule has 37 heavy (non-hydrogen) atoms. The first kappa shape index (κ1) is 25.0. The number of fused-ring (bicyclic) bond motifs is 1. The molecule has 1 aromatic carbocycles. The van der Waals surface area contributed by atoms with Gasteiger partial charge in [0.25, 0.3) is 5.24 Å². The third-order valence-corrected chi connectivity index (χ3v) is 7.13. The van der Waals surface area contributed by atoms with Crippen LogP contribution in [0.1, 0.15) is 43.2 Å². The third-order valence-electron chi connectivity index (χ3n) is 6.08. The first-order chi connectivity index (χ1) is 17.6. The molecule has 0 unspecified atom stereocenters. The van der Waals surface area contributed by atoms with E-state index in [0.717, 1.165) is 5.69 Å². The van der Waals surface area contributed by atoms with Crippen LogP contribution >= 0.6 is 11.8 Å². The molecule has 0 spiro atoms. The summed E-state index contributed by atoms with van der Waals surface area (Å²) in [7, 11) is 0. The summed E-state index contributed by atoms with van der Waals surface area (Å²) >= 11 is 1.20. The fourth-order valence-corrected chi connectivity index (χ4v) is 5.03. The number of carbonyl (C=O) groups excluding carboxylic acids is 3. The Bertz CT molecular complexity index is 1370. The second kappa shape index (κ2) is 9.66. The van der Waals surface area contributed by atoms with E-state index in [1.807, 2.05) is 51.1 Å². The molecule has 2 amide bonds. The van der Waals surface area contributed by atoms with Crippen LogP contribution in [-0.2, 0) is 11.3 Å². The summed E-state index contributed by atoms with van der Waals surface area (Å²) in [5.41, 5.74) is 3.84. The maximum atomic E-state index is 13.4. The lowest BCUT2D eigenvalue weighted by molar-refractivity contribution is -0.117. The molecule has 3 N–H and O–H groups in total. The highest BCUT2D eigenvalue weighted by Crippen LogP contribution is 2.40. The van der Waals surface area contributed by atoms with Gasteiger partial charge >= 0.3 is 0 Å². The standard InChI is InChI=1S/C27H28FN5O3S/c1-27(2,3)37-26(36)33-13-19-22(20(34)14-33)24(30-16-7-5-4-6-8-16)23(31-19)15-9-10-29-21(11-15)32-25(35)17-12-18(17)28/h4-11,17-18,30-31H,12-14H2,1-3H3,(H,29,32,35)/t17-,18+/m1/s1. The molecule has 1 saturated carbocycles. The number of halogens is 1. The Balaban J connectivity index is 1.51. The predicted molar refractivity (Wildman–Crippen MR) is 143 cm³/mol. The van der Waals surface area contributed by atoms with Gasteiger partial charge in [0.15, 0.2) is 5.78 Å². The molecule has 192 valence electrons. The van der Waals surface area contributed by atoms with Crippen molar-refractivity contribution in [2.75, 3.05) is 17.2 Å². The molecule has 10 heteroatoms. The van der Waals surface area contributed by atoms with Gasteiger partial charge in [-0.2, -0.15) is 0 Å². The van der Waals surface area contributed by atoms with E-state index >= 15 is 0 Å². The smallest absolute Gasteiger partial charge is 0.282 e. The van der Waals surface area contributed by atoms with E-state index in [4.69, 9.17) is 0 Å². The first-order valence-electron chi connectivity index (χ1n) is 12.1. The molecular formula is C27H28FN5O3S. The van der Waals surface area contributed by atoms with E-state index in [1.165, 1.54) is 11.8 Å². The molecule has 2 atom stereocenters. The Kier molecular flexibility index (Phi) is 6.53. The second-order valence-electron chi connectivity index (χ2n) is 10.3. The summed E-state index contributed by atoms with van der Waals surface area (Å²) in [5, 5.41) is 5.90. The fourth-order valence-electron chi connectivity index (χ4n) is 4.25. The van der Waals surface area contributed by atoms with Crippen molar-refractivity contribution in [3.63, 3.8) is 0 Å². The summed E-state index contributed by atoms with van der Waals surface area (Å²) in [6.07, 6.45) is 0.674. The maximum absolute atomic E-state index is 13.4. The topological polar surface area (TPSA) is 107 Å². The summed E-state index contributed by atoms with van der Waals surface area (Å²) in [6, 6.07) is 12.9. The van der Waals surface area contributed by atoms with Crippen LogP contribution in [0.5, 0.6) is 0 Å². The number of pyridine rings is 1. The number of rotatable bonds is 5. The molecule has 3 heterocycles. The van der Waals surface area contributed by atoms with Gasteiger partial charge < -0.3 is 20.5 Å². The fraction of sp³-hybridized carbons (Fsp3) is 0.333. The number of anilines is 3. The zero-order valence-electron chi connectivity index (χ0n) is 20.8. The van der Waals surface area contributed by atoms with Gasteiger partial charge in [-0.25, -0.2) is 9.37 Å². The van der Waals surface area contributed by atoms with Gasteiger partial charge in [-0.05, 0) is 30.7 Å². The van der Waals surface area contributed by atoms with Crippen LogP contribution in [-0.4, -0.2) is 49.3 Å². The van der Waals surface area contributed by atoms with E-state index in [2.05, 4.69) is 20.6 Å². The third kappa shape index (κ3) is 5.53. The number of H-pyrrole nitrogens is 1. The van der Waals surface area contributed by atoms with Gasteiger partial charge in [0.1, 0.15) is 12.0 Å². The Morgan fingerprint density at radius 3 is 2.57 bits per heavy atom. The zero-order chi connectivity index (χ0) is 26.3. The number of Topliss-reactive ketones (excluding diaryl/α,β-unsaturated/α-hetero) is 1. The zero-order valence-corrected chi connectivity index (χ0v) is 21.6. The SMILES string of the molecule is CC(C)(C)SC(=O)N1CC(=O)c2c([nH]c(-c3ccnc(NC(=O)[C@@H]4C[C@@H]4F)c3)c2Nc2ccccc2)C1. The largest absolute Gasteiger partial charge is 0.355 e. The monoisotopic (exact) mass is 521 g/mol. The van der Waals surface area contributed by atoms with Crippen molar-refractivity contribution in [3.05, 3.63) is 59.9 Å². The summed E-state index contributed by atoms with van der Waals surface area (Å²) in [6.45, 7) is 6.12. The molecule has 1 aliphatic heterocycles. The minimum absolute atomic E-state index is 0.0148. The van der Waals surface area contributed by atoms with Crippen molar-refractivity contribution < 1.29 is 18.8 Å². The molecule has 2 aromatic heterocycles. The number of aromatic amines is 1. The van der Waals surface area contributed by atoms with Gasteiger partial charge in [0.2, 0.25) is 5.91 Å². The number of nitrogens with one attached hydrogen (secondary N) is 3. The van der Waals surface area contributed by atoms with Crippen molar-refractivity contribution in [2.45, 2.75) is 44.7 Å². The highest BCUT2D eigenvalue weighted by atomic mass is 32.2. The number of ketones is 1. The Hall–Kier alpha value is -3.66. The van der Waals surface area contributed by atoms with Crippen molar-refractivity contribution in [1.82, 2.24) is 14.9 Å². The number of alkyl halides is 1. The van der Waals surface area contributed by atoms with Crippen LogP contribution in [0.4, 0.5) is 26.4 Å². The number of amides is 2. The number of nitrogens with zero attached hydrogens (tertiary/aromatic N) is 2. The minimum atomic E-state index is -1.10. The highest BCUT2D eigenvalue weighted by Gasteiger charge is 2.43. The van der Waals surface area contributed by atoms with E-state index in [9.17, 15) is 18.8 Å². The number of carbonyl (C=O) groups is 3. The van der Waals surface area contributed by atoms with Gasteiger partial charge in [0.05, 0.1) is 36.0 Å². The number of para-hydroxylation sites is 1. The Labute approximate surface area is 218 Å². The van der Waals surface area contributed by atoms with Crippen molar-refractivity contribution >= 4 is 45.9 Å². The first-order valence-corrected chi connectivity index (χ1v) is 12.9. The number of hydrogen-bond acceptors (Lipinski definition) is 6. The molecule has 8 nitrogen and oxygen atoms in total. The number of aromatic nitrogens is 2. The van der Waals surface area contributed by atoms with Gasteiger partial charge in [-0.3, -0.25) is 14.4 Å². The van der Waals surface area contributed by atoms with Crippen LogP contribution in [0.2, 0.25) is 0 Å². The van der Waals surface area contributed by atoms with Gasteiger partial charge in [-0.15, -0.1) is 0 Å². The van der Waals surface area contributed by atoms with Gasteiger partial charge in [-0.1, -0.05) is 50.7 Å². The number of hydrogen-bond donors (Lipinski definition) is 3. The molecular weight excluding hydrogens is 493 g/mol. The van der Waals surface area contributed by atoms with Crippen molar-refractivity contribution in [2.24, 2.45) is 5.92 Å². The molecule has 1 aliphatic carbocycles. The molecule has 3 aromatic rings. The van der Waals surface area contributed by atoms with Crippen LogP contribution in [0, 0.1) is 5.92 Å². The summed E-state index contributed by atoms with van der Waals surface area (Å²) in [4.78, 5) is 47.6. The average molecular weight is 522 g/mol. The van der Waals surface area contributed by atoms with E-state index in [0.29, 0.717) is 34.0 Å². The van der Waals surface area contributed by atoms with Gasteiger partial charge in [0, 0.05) is 27.9 Å². The quantitative estimate of drug-likeness (QED) is 0.394. The number of benzene rings is 1. The van der Waals surface area contributed by atoms with Crippen LogP contribution in [0.15, 0.2) is 48.7 Å². The molecule has 2 aliphatic rings. The van der Waals surface area contributed by atoms with Crippen LogP contribution in [0.3, 0.4) is 0 Å². The summed E-state index contributed by atoms with van der Waals surface area (Å²) < 4.78 is 13.0. The van der Waals surface area contributed by atoms with Crippen LogP contribution < -0.4 is 10.6 Å². The lowest BCUT2D eigenvalue weighted by Crippen LogP contribution is -2.38. The average Bonchev–Trinajstić information content (AvgIpc) is 3.46. The van der Waals surface area contributed by atoms with E-state index in [1.54, 1.807) is 23.2 Å². The Morgan fingerprint density at radius 2 is 1.89 bits per heavy atom. The van der Waals surface area contributed by atoms with E-state index < -0.39 is 18.0 Å². The lowest BCUT2D eigenvalue weighted by Gasteiger charge is -2.28. The summed E-state index contributed by atoms with van der Waals surface area (Å²) in [5.74, 6) is -0.906. The minimum Gasteiger partial charge on any atom is -0.355 e. The second-order valence-corrected chi connectivity index (χ2v) is 12.0. The molecule has 1 fully saturated rings.